The molecule has 176 valence electrons. The molecule has 0 aromatic heterocycles. The van der Waals surface area contributed by atoms with Crippen LogP contribution in [0, 0.1) is 0 Å². The number of ether oxygens (including phenoxy) is 2. The zero-order chi connectivity index (χ0) is 24.1. The van der Waals surface area contributed by atoms with Gasteiger partial charge in [0.15, 0.2) is 0 Å². The molecule has 0 saturated carbocycles. The van der Waals surface area contributed by atoms with E-state index < -0.39 is 5.91 Å². The van der Waals surface area contributed by atoms with Crippen molar-refractivity contribution in [1.82, 2.24) is 0 Å². The van der Waals surface area contributed by atoms with Gasteiger partial charge in [-0.25, -0.2) is 0 Å². The van der Waals surface area contributed by atoms with Crippen molar-refractivity contribution >= 4 is 50.7 Å². The molecule has 3 aromatic carbocycles. The molecule has 1 unspecified atom stereocenters. The lowest BCUT2D eigenvalue weighted by atomic mass is 10.1. The second-order valence-electron chi connectivity index (χ2n) is 7.75. The summed E-state index contributed by atoms with van der Waals surface area (Å²) in [5.74, 6) is -0.362. The predicted octanol–water partition coefficient (Wildman–Crippen LogP) is 5.23. The van der Waals surface area contributed by atoms with Gasteiger partial charge in [-0.05, 0) is 60.2 Å². The zero-order valence-corrected chi connectivity index (χ0v) is 20.5. The van der Waals surface area contributed by atoms with Crippen molar-refractivity contribution in [2.45, 2.75) is 19.1 Å². The summed E-state index contributed by atoms with van der Waals surface area (Å²) in [7, 11) is 0. The molecule has 2 amide bonds. The molecule has 1 atom stereocenters. The second-order valence-corrected chi connectivity index (χ2v) is 9.07. The number of nitrogens with two attached hydrogens (primary N) is 1. The summed E-state index contributed by atoms with van der Waals surface area (Å²) < 4.78 is 12.3. The summed E-state index contributed by atoms with van der Waals surface area (Å²) in [5.41, 5.74) is 8.11. The minimum absolute atomic E-state index is 0.141. The Hall–Kier alpha value is -2.91. The van der Waals surface area contributed by atoms with Crippen LogP contribution in [0.15, 0.2) is 65.1 Å². The number of nitrogens with one attached hydrogen (secondary N) is 2. The van der Waals surface area contributed by atoms with Crippen LogP contribution in [0.25, 0.3) is 0 Å². The van der Waals surface area contributed by atoms with E-state index in [4.69, 9.17) is 26.8 Å². The third-order valence-electron chi connectivity index (χ3n) is 5.28. The Morgan fingerprint density at radius 2 is 1.71 bits per heavy atom. The summed E-state index contributed by atoms with van der Waals surface area (Å²) in [4.78, 5) is 26.0. The van der Waals surface area contributed by atoms with E-state index in [1.165, 1.54) is 0 Å². The summed E-state index contributed by atoms with van der Waals surface area (Å²) in [5, 5.41) is 5.98. The Balaban J connectivity index is 1.60. The van der Waals surface area contributed by atoms with E-state index >= 15 is 0 Å². The molecule has 9 heteroatoms. The molecule has 34 heavy (non-hydrogen) atoms. The molecule has 0 spiro atoms. The van der Waals surface area contributed by atoms with Gasteiger partial charge in [0, 0.05) is 28.8 Å². The molecular formula is C25H23BrClN3O4. The standard InChI is InChI=1S/C25H23BrClN3O4/c26-16-2-4-17(5-3-16)29-25(32)21-12-18(6-8-23(21)34-19-9-10-33-14-19)30-24(31)20-11-15(13-28)1-7-22(20)27/h1-8,11-12,19H,9-10,13-14,28H2,(H,29,32)(H,30,31). The average molecular weight is 545 g/mol. The summed E-state index contributed by atoms with van der Waals surface area (Å²) in [6.45, 7) is 1.36. The number of halogens is 2. The van der Waals surface area contributed by atoms with Crippen molar-refractivity contribution in [1.29, 1.82) is 0 Å². The third-order valence-corrected chi connectivity index (χ3v) is 6.14. The van der Waals surface area contributed by atoms with Gasteiger partial charge in [-0.15, -0.1) is 0 Å². The van der Waals surface area contributed by atoms with Crippen LogP contribution in [0.4, 0.5) is 11.4 Å². The maximum Gasteiger partial charge on any atom is 0.259 e. The van der Waals surface area contributed by atoms with E-state index in [1.54, 1.807) is 48.5 Å². The van der Waals surface area contributed by atoms with E-state index in [9.17, 15) is 9.59 Å². The average Bonchev–Trinajstić information content (AvgIpc) is 3.35. The van der Waals surface area contributed by atoms with Crippen molar-refractivity contribution in [2.24, 2.45) is 5.73 Å². The normalized spacial score (nSPS) is 15.1. The molecule has 4 rings (SSSR count). The summed E-state index contributed by atoms with van der Waals surface area (Å²) >= 11 is 9.60. The van der Waals surface area contributed by atoms with Gasteiger partial charge in [-0.3, -0.25) is 9.59 Å². The highest BCUT2D eigenvalue weighted by molar-refractivity contribution is 9.10. The Morgan fingerprint density at radius 3 is 2.41 bits per heavy atom. The van der Waals surface area contributed by atoms with Crippen LogP contribution in [0.5, 0.6) is 5.75 Å². The fraction of sp³-hybridized carbons (Fsp3) is 0.200. The first-order valence-electron chi connectivity index (χ1n) is 10.7. The molecule has 0 aliphatic carbocycles. The molecule has 1 aliphatic rings. The number of anilines is 2. The van der Waals surface area contributed by atoms with Gasteiger partial charge in [0.1, 0.15) is 11.9 Å². The van der Waals surface area contributed by atoms with Crippen molar-refractivity contribution in [3.05, 3.63) is 86.8 Å². The molecule has 1 saturated heterocycles. The van der Waals surface area contributed by atoms with Gasteiger partial charge in [0.2, 0.25) is 0 Å². The van der Waals surface area contributed by atoms with Crippen LogP contribution < -0.4 is 21.1 Å². The molecule has 0 radical (unpaired) electrons. The van der Waals surface area contributed by atoms with Crippen LogP contribution in [0.3, 0.4) is 0 Å². The van der Waals surface area contributed by atoms with E-state index in [1.807, 2.05) is 12.1 Å². The minimum Gasteiger partial charge on any atom is -0.487 e. The van der Waals surface area contributed by atoms with E-state index in [-0.39, 0.29) is 24.1 Å². The first kappa shape index (κ1) is 24.2. The molecule has 1 aliphatic heterocycles. The predicted molar refractivity (Wildman–Crippen MR) is 136 cm³/mol. The van der Waals surface area contributed by atoms with E-state index in [0.29, 0.717) is 40.9 Å². The minimum atomic E-state index is -0.405. The highest BCUT2D eigenvalue weighted by Gasteiger charge is 2.22. The first-order valence-corrected chi connectivity index (χ1v) is 11.9. The molecule has 0 bridgehead atoms. The zero-order valence-electron chi connectivity index (χ0n) is 18.1. The lowest BCUT2D eigenvalue weighted by Gasteiger charge is -2.17. The van der Waals surface area contributed by atoms with Gasteiger partial charge in [-0.2, -0.15) is 0 Å². The molecule has 4 N–H and O–H groups in total. The van der Waals surface area contributed by atoms with Crippen molar-refractivity contribution < 1.29 is 19.1 Å². The Morgan fingerprint density at radius 1 is 1.00 bits per heavy atom. The number of carbonyl (C=O) groups is 2. The van der Waals surface area contributed by atoms with Crippen molar-refractivity contribution in [3.8, 4) is 5.75 Å². The fourth-order valence-corrected chi connectivity index (χ4v) is 3.94. The topological polar surface area (TPSA) is 103 Å². The van der Waals surface area contributed by atoms with Crippen LogP contribution in [0.2, 0.25) is 5.02 Å². The smallest absolute Gasteiger partial charge is 0.259 e. The fourth-order valence-electron chi connectivity index (χ4n) is 3.48. The highest BCUT2D eigenvalue weighted by Crippen LogP contribution is 2.28. The molecule has 7 nitrogen and oxygen atoms in total. The Bertz CT molecular complexity index is 1200. The molecule has 3 aromatic rings. The number of benzene rings is 3. The number of hydrogen-bond donors (Lipinski definition) is 3. The number of amides is 2. The van der Waals surface area contributed by atoms with Gasteiger partial charge in [0.05, 0.1) is 29.4 Å². The quantitative estimate of drug-likeness (QED) is 0.378. The van der Waals surface area contributed by atoms with Crippen LogP contribution >= 0.6 is 27.5 Å². The number of hydrogen-bond acceptors (Lipinski definition) is 5. The molecular weight excluding hydrogens is 522 g/mol. The lowest BCUT2D eigenvalue weighted by Crippen LogP contribution is -2.20. The monoisotopic (exact) mass is 543 g/mol. The lowest BCUT2D eigenvalue weighted by molar-refractivity contribution is 0.100. The van der Waals surface area contributed by atoms with Gasteiger partial charge >= 0.3 is 0 Å². The van der Waals surface area contributed by atoms with Crippen LogP contribution in [-0.4, -0.2) is 31.1 Å². The van der Waals surface area contributed by atoms with Crippen LogP contribution in [-0.2, 0) is 11.3 Å². The van der Waals surface area contributed by atoms with Crippen molar-refractivity contribution in [3.63, 3.8) is 0 Å². The number of rotatable bonds is 7. The largest absolute Gasteiger partial charge is 0.487 e. The van der Waals surface area contributed by atoms with Crippen LogP contribution in [0.1, 0.15) is 32.7 Å². The maximum atomic E-state index is 13.2. The number of carbonyl (C=O) groups excluding carboxylic acids is 2. The second kappa shape index (κ2) is 11.0. The SMILES string of the molecule is NCc1ccc(Cl)c(C(=O)Nc2ccc(OC3CCOC3)c(C(=O)Nc3ccc(Br)cc3)c2)c1. The van der Waals surface area contributed by atoms with Gasteiger partial charge in [0.25, 0.3) is 11.8 Å². The Labute approximate surface area is 210 Å². The molecule has 1 heterocycles. The molecule has 1 fully saturated rings. The highest BCUT2D eigenvalue weighted by atomic mass is 79.9. The van der Waals surface area contributed by atoms with Gasteiger partial charge in [-0.1, -0.05) is 33.6 Å². The maximum absolute atomic E-state index is 13.2. The van der Waals surface area contributed by atoms with E-state index in [2.05, 4.69) is 26.6 Å². The summed E-state index contributed by atoms with van der Waals surface area (Å²) in [6.07, 6.45) is 0.597. The van der Waals surface area contributed by atoms with Crippen molar-refractivity contribution in [2.75, 3.05) is 23.8 Å². The Kier molecular flexibility index (Phi) is 7.84. The first-order chi connectivity index (χ1) is 16.4. The third kappa shape index (κ3) is 5.95. The van der Waals surface area contributed by atoms with E-state index in [0.717, 1.165) is 16.5 Å². The summed E-state index contributed by atoms with van der Waals surface area (Å²) in [6, 6.07) is 17.2. The van der Waals surface area contributed by atoms with Gasteiger partial charge < -0.3 is 25.8 Å².